The lowest BCUT2D eigenvalue weighted by molar-refractivity contribution is -0.121. The molecule has 2 aromatic rings. The van der Waals surface area contributed by atoms with Gasteiger partial charge in [0.15, 0.2) is 0 Å². The number of carbonyl (C=O) groups is 2. The lowest BCUT2D eigenvalue weighted by atomic mass is 10.1. The Morgan fingerprint density at radius 2 is 1.96 bits per heavy atom. The number of nitrogens with one attached hydrogen (secondary N) is 1. The molecule has 5 nitrogen and oxygen atoms in total. The summed E-state index contributed by atoms with van der Waals surface area (Å²) in [4.78, 5) is 27.4. The molecule has 1 aromatic carbocycles. The van der Waals surface area contributed by atoms with Gasteiger partial charge >= 0.3 is 5.97 Å². The summed E-state index contributed by atoms with van der Waals surface area (Å²) in [5.41, 5.74) is 2.48. The van der Waals surface area contributed by atoms with E-state index < -0.39 is 0 Å². The second kappa shape index (κ2) is 8.08. The third-order valence-electron chi connectivity index (χ3n) is 3.58. The average molecular weight is 312 g/mol. The molecule has 1 N–H and O–H groups in total. The van der Waals surface area contributed by atoms with Crippen molar-refractivity contribution in [3.05, 3.63) is 65.5 Å². The monoisotopic (exact) mass is 312 g/mol. The van der Waals surface area contributed by atoms with Crippen LogP contribution in [0.2, 0.25) is 0 Å². The van der Waals surface area contributed by atoms with E-state index in [-0.39, 0.29) is 17.9 Å². The molecule has 0 unspecified atom stereocenters. The molecule has 0 saturated carbocycles. The number of pyridine rings is 1. The van der Waals surface area contributed by atoms with E-state index in [1.165, 1.54) is 7.11 Å². The van der Waals surface area contributed by atoms with Crippen molar-refractivity contribution in [3.63, 3.8) is 0 Å². The van der Waals surface area contributed by atoms with Crippen LogP contribution in [0.25, 0.3) is 0 Å². The first-order chi connectivity index (χ1) is 11.1. The standard InChI is InChI=1S/C18H20N2O3/c1-13(16-4-3-11-19-12-16)20-17(21)10-7-14-5-8-15(9-6-14)18(22)23-2/h3-6,8-9,11-13H,7,10H2,1-2H3,(H,20,21)/t13-/m1/s1. The van der Waals surface area contributed by atoms with Crippen LogP contribution in [0.1, 0.15) is 40.9 Å². The molecule has 1 heterocycles. The number of carbonyl (C=O) groups excluding carboxylic acids is 2. The first kappa shape index (κ1) is 16.7. The Morgan fingerprint density at radius 3 is 2.57 bits per heavy atom. The zero-order valence-electron chi connectivity index (χ0n) is 13.3. The van der Waals surface area contributed by atoms with Gasteiger partial charge in [-0.1, -0.05) is 18.2 Å². The maximum Gasteiger partial charge on any atom is 0.337 e. The van der Waals surface area contributed by atoms with Gasteiger partial charge in [0.2, 0.25) is 5.91 Å². The Hall–Kier alpha value is -2.69. The minimum Gasteiger partial charge on any atom is -0.465 e. The van der Waals surface area contributed by atoms with Gasteiger partial charge in [-0.3, -0.25) is 9.78 Å². The summed E-state index contributed by atoms with van der Waals surface area (Å²) in [5, 5.41) is 2.95. The Bertz CT molecular complexity index is 654. The summed E-state index contributed by atoms with van der Waals surface area (Å²) in [6.45, 7) is 1.93. The number of nitrogens with zero attached hydrogens (tertiary/aromatic N) is 1. The summed E-state index contributed by atoms with van der Waals surface area (Å²) in [6, 6.07) is 10.8. The molecule has 0 radical (unpaired) electrons. The van der Waals surface area contributed by atoms with Crippen LogP contribution in [0, 0.1) is 0 Å². The molecule has 0 aliphatic heterocycles. The molecule has 23 heavy (non-hydrogen) atoms. The molecule has 1 atom stereocenters. The first-order valence-electron chi connectivity index (χ1n) is 7.46. The number of benzene rings is 1. The molecule has 1 aromatic heterocycles. The summed E-state index contributed by atoms with van der Waals surface area (Å²) in [6.07, 6.45) is 4.46. The van der Waals surface area contributed by atoms with Gasteiger partial charge in [0.25, 0.3) is 0 Å². The molecule has 0 bridgehead atoms. The lowest BCUT2D eigenvalue weighted by Crippen LogP contribution is -2.26. The van der Waals surface area contributed by atoms with Crippen LogP contribution in [0.5, 0.6) is 0 Å². The summed E-state index contributed by atoms with van der Waals surface area (Å²) in [7, 11) is 1.35. The molecular weight excluding hydrogens is 292 g/mol. The second-order valence-corrected chi connectivity index (χ2v) is 5.26. The number of esters is 1. The van der Waals surface area contributed by atoms with E-state index in [0.717, 1.165) is 11.1 Å². The SMILES string of the molecule is COC(=O)c1ccc(CCC(=O)N[C@H](C)c2cccnc2)cc1. The van der Waals surface area contributed by atoms with Crippen molar-refractivity contribution in [2.75, 3.05) is 7.11 Å². The number of rotatable bonds is 6. The molecule has 0 aliphatic carbocycles. The maximum atomic E-state index is 12.0. The molecule has 5 heteroatoms. The zero-order valence-corrected chi connectivity index (χ0v) is 13.3. The fraction of sp³-hybridized carbons (Fsp3) is 0.278. The number of aryl methyl sites for hydroxylation is 1. The van der Waals surface area contributed by atoms with Gasteiger partial charge in [-0.05, 0) is 42.7 Å². The van der Waals surface area contributed by atoms with E-state index in [9.17, 15) is 9.59 Å². The smallest absolute Gasteiger partial charge is 0.337 e. The Balaban J connectivity index is 1.83. The highest BCUT2D eigenvalue weighted by Crippen LogP contribution is 2.11. The molecule has 0 spiro atoms. The molecule has 0 aliphatic rings. The highest BCUT2D eigenvalue weighted by Gasteiger charge is 2.10. The fourth-order valence-electron chi connectivity index (χ4n) is 2.21. The number of aromatic nitrogens is 1. The quantitative estimate of drug-likeness (QED) is 0.833. The summed E-state index contributed by atoms with van der Waals surface area (Å²) >= 11 is 0. The van der Waals surface area contributed by atoms with Gasteiger partial charge < -0.3 is 10.1 Å². The van der Waals surface area contributed by atoms with Crippen molar-refractivity contribution in [1.82, 2.24) is 10.3 Å². The number of hydrogen-bond donors (Lipinski definition) is 1. The average Bonchev–Trinajstić information content (AvgIpc) is 2.60. The van der Waals surface area contributed by atoms with Crippen LogP contribution < -0.4 is 5.32 Å². The van der Waals surface area contributed by atoms with Crippen LogP contribution in [0.4, 0.5) is 0 Å². The van der Waals surface area contributed by atoms with Crippen molar-refractivity contribution < 1.29 is 14.3 Å². The summed E-state index contributed by atoms with van der Waals surface area (Å²) in [5.74, 6) is -0.377. The van der Waals surface area contributed by atoms with Gasteiger partial charge in [0.1, 0.15) is 0 Å². The van der Waals surface area contributed by atoms with Crippen LogP contribution in [0.15, 0.2) is 48.8 Å². The fourth-order valence-corrected chi connectivity index (χ4v) is 2.21. The topological polar surface area (TPSA) is 68.3 Å². The van der Waals surface area contributed by atoms with E-state index in [1.54, 1.807) is 24.5 Å². The minimum absolute atomic E-state index is 0.0154. The van der Waals surface area contributed by atoms with Gasteiger partial charge in [0.05, 0.1) is 18.7 Å². The van der Waals surface area contributed by atoms with E-state index in [2.05, 4.69) is 15.0 Å². The van der Waals surface area contributed by atoms with Gasteiger partial charge in [-0.2, -0.15) is 0 Å². The van der Waals surface area contributed by atoms with Crippen LogP contribution >= 0.6 is 0 Å². The van der Waals surface area contributed by atoms with Crippen LogP contribution in [-0.2, 0) is 16.0 Å². The summed E-state index contributed by atoms with van der Waals surface area (Å²) < 4.78 is 4.65. The Labute approximate surface area is 135 Å². The molecule has 2 rings (SSSR count). The number of methoxy groups -OCH3 is 1. The first-order valence-corrected chi connectivity index (χ1v) is 7.46. The largest absolute Gasteiger partial charge is 0.465 e. The molecule has 1 amide bonds. The van der Waals surface area contributed by atoms with Crippen molar-refractivity contribution in [3.8, 4) is 0 Å². The third kappa shape index (κ3) is 4.92. The van der Waals surface area contributed by atoms with Gasteiger partial charge in [-0.15, -0.1) is 0 Å². The maximum absolute atomic E-state index is 12.0. The van der Waals surface area contributed by atoms with Gasteiger partial charge in [0, 0.05) is 18.8 Å². The third-order valence-corrected chi connectivity index (χ3v) is 3.58. The van der Waals surface area contributed by atoms with E-state index in [0.29, 0.717) is 18.4 Å². The zero-order chi connectivity index (χ0) is 16.7. The van der Waals surface area contributed by atoms with E-state index in [4.69, 9.17) is 0 Å². The predicted octanol–water partition coefficient (Wildman–Crippen LogP) is 2.68. The molecule has 0 fully saturated rings. The van der Waals surface area contributed by atoms with Crippen LogP contribution in [0.3, 0.4) is 0 Å². The number of hydrogen-bond acceptors (Lipinski definition) is 4. The van der Waals surface area contributed by atoms with E-state index in [1.807, 2.05) is 31.2 Å². The van der Waals surface area contributed by atoms with E-state index >= 15 is 0 Å². The van der Waals surface area contributed by atoms with Crippen molar-refractivity contribution in [1.29, 1.82) is 0 Å². The lowest BCUT2D eigenvalue weighted by Gasteiger charge is -2.13. The number of ether oxygens (including phenoxy) is 1. The van der Waals surface area contributed by atoms with Crippen molar-refractivity contribution in [2.24, 2.45) is 0 Å². The number of amides is 1. The normalized spacial score (nSPS) is 11.6. The molecule has 120 valence electrons. The minimum atomic E-state index is -0.361. The highest BCUT2D eigenvalue weighted by molar-refractivity contribution is 5.89. The van der Waals surface area contributed by atoms with Crippen LogP contribution in [-0.4, -0.2) is 24.0 Å². The van der Waals surface area contributed by atoms with Gasteiger partial charge in [-0.25, -0.2) is 4.79 Å². The molecule has 0 saturated heterocycles. The highest BCUT2D eigenvalue weighted by atomic mass is 16.5. The predicted molar refractivity (Wildman–Crippen MR) is 86.9 cm³/mol. The van der Waals surface area contributed by atoms with Crippen molar-refractivity contribution in [2.45, 2.75) is 25.8 Å². The van der Waals surface area contributed by atoms with Crippen molar-refractivity contribution >= 4 is 11.9 Å². The molecular formula is C18H20N2O3. The second-order valence-electron chi connectivity index (χ2n) is 5.26. The Kier molecular flexibility index (Phi) is 5.86. The Morgan fingerprint density at radius 1 is 1.22 bits per heavy atom.